The minimum absolute atomic E-state index is 0.0181. The van der Waals surface area contributed by atoms with Crippen molar-refractivity contribution in [3.05, 3.63) is 41.9 Å². The normalized spacial score (nSPS) is 17.1. The Morgan fingerprint density at radius 3 is 3.04 bits per heavy atom. The molecule has 0 radical (unpaired) electrons. The SMILES string of the molecule is COc1cc(CNC(=O)N2CCC[C@H]2Cc2ccnn2C)ccn1. The van der Waals surface area contributed by atoms with Crippen LogP contribution in [-0.2, 0) is 20.0 Å². The number of nitrogens with zero attached hydrogens (tertiary/aromatic N) is 4. The highest BCUT2D eigenvalue weighted by molar-refractivity contribution is 5.74. The first-order chi connectivity index (χ1) is 11.7. The summed E-state index contributed by atoms with van der Waals surface area (Å²) in [6, 6.07) is 5.93. The van der Waals surface area contributed by atoms with E-state index in [1.54, 1.807) is 19.5 Å². The van der Waals surface area contributed by atoms with E-state index < -0.39 is 0 Å². The van der Waals surface area contributed by atoms with E-state index in [0.717, 1.165) is 37.1 Å². The minimum Gasteiger partial charge on any atom is -0.481 e. The Balaban J connectivity index is 1.58. The molecule has 7 nitrogen and oxygen atoms in total. The Morgan fingerprint density at radius 1 is 1.42 bits per heavy atom. The van der Waals surface area contributed by atoms with E-state index in [4.69, 9.17) is 4.74 Å². The fraction of sp³-hybridized carbons (Fsp3) is 0.471. The molecule has 0 bridgehead atoms. The molecule has 0 spiro atoms. The first-order valence-corrected chi connectivity index (χ1v) is 8.17. The largest absolute Gasteiger partial charge is 0.481 e. The molecule has 24 heavy (non-hydrogen) atoms. The summed E-state index contributed by atoms with van der Waals surface area (Å²) < 4.78 is 6.98. The van der Waals surface area contributed by atoms with Crippen LogP contribution in [0.25, 0.3) is 0 Å². The van der Waals surface area contributed by atoms with Crippen LogP contribution in [0, 0.1) is 0 Å². The van der Waals surface area contributed by atoms with Gasteiger partial charge < -0.3 is 15.0 Å². The number of pyridine rings is 1. The van der Waals surface area contributed by atoms with Crippen LogP contribution in [0.1, 0.15) is 24.1 Å². The average Bonchev–Trinajstić information content (AvgIpc) is 3.23. The number of hydrogen-bond donors (Lipinski definition) is 1. The number of nitrogens with one attached hydrogen (secondary N) is 1. The van der Waals surface area contributed by atoms with Crippen molar-refractivity contribution in [2.24, 2.45) is 7.05 Å². The molecule has 1 aliphatic heterocycles. The number of carbonyl (C=O) groups is 1. The first kappa shape index (κ1) is 16.3. The summed E-state index contributed by atoms with van der Waals surface area (Å²) in [5.41, 5.74) is 2.12. The van der Waals surface area contributed by atoms with E-state index in [-0.39, 0.29) is 12.1 Å². The number of aromatic nitrogens is 3. The van der Waals surface area contributed by atoms with Crippen LogP contribution in [0.3, 0.4) is 0 Å². The molecule has 0 saturated carbocycles. The maximum Gasteiger partial charge on any atom is 0.317 e. The fourth-order valence-electron chi connectivity index (χ4n) is 3.11. The zero-order chi connectivity index (χ0) is 16.9. The van der Waals surface area contributed by atoms with Crippen molar-refractivity contribution in [2.45, 2.75) is 31.8 Å². The molecule has 2 aromatic heterocycles. The van der Waals surface area contributed by atoms with Crippen molar-refractivity contribution >= 4 is 6.03 Å². The fourth-order valence-corrected chi connectivity index (χ4v) is 3.11. The molecule has 1 atom stereocenters. The molecule has 128 valence electrons. The molecule has 3 heterocycles. The lowest BCUT2D eigenvalue weighted by atomic mass is 10.1. The van der Waals surface area contributed by atoms with Crippen LogP contribution >= 0.6 is 0 Å². The summed E-state index contributed by atoms with van der Waals surface area (Å²) in [6.07, 6.45) is 6.39. The highest BCUT2D eigenvalue weighted by Crippen LogP contribution is 2.21. The summed E-state index contributed by atoms with van der Waals surface area (Å²) in [5.74, 6) is 0.553. The number of ether oxygens (including phenoxy) is 1. The van der Waals surface area contributed by atoms with Gasteiger partial charge in [0, 0.05) is 56.8 Å². The van der Waals surface area contributed by atoms with Gasteiger partial charge in [-0.2, -0.15) is 5.10 Å². The third-order valence-corrected chi connectivity index (χ3v) is 4.46. The average molecular weight is 329 g/mol. The zero-order valence-electron chi connectivity index (χ0n) is 14.1. The highest BCUT2D eigenvalue weighted by Gasteiger charge is 2.29. The third kappa shape index (κ3) is 3.67. The van der Waals surface area contributed by atoms with Gasteiger partial charge in [0.1, 0.15) is 0 Å². The molecule has 1 aliphatic rings. The Morgan fingerprint density at radius 2 is 2.29 bits per heavy atom. The number of carbonyl (C=O) groups excluding carboxylic acids is 1. The lowest BCUT2D eigenvalue weighted by Crippen LogP contribution is -2.43. The molecule has 2 amide bonds. The van der Waals surface area contributed by atoms with Gasteiger partial charge in [0.05, 0.1) is 7.11 Å². The van der Waals surface area contributed by atoms with Gasteiger partial charge >= 0.3 is 6.03 Å². The lowest BCUT2D eigenvalue weighted by Gasteiger charge is -2.25. The predicted molar refractivity (Wildman–Crippen MR) is 89.7 cm³/mol. The standard InChI is InChI=1S/C17H23N5O2/c1-21-14(6-8-20-21)11-15-4-3-9-22(15)17(23)19-12-13-5-7-18-16(10-13)24-2/h5-8,10,15H,3-4,9,11-12H2,1-2H3,(H,19,23)/t15-/m0/s1. The molecule has 1 N–H and O–H groups in total. The smallest absolute Gasteiger partial charge is 0.317 e. The van der Waals surface area contributed by atoms with Crippen LogP contribution in [-0.4, -0.2) is 45.4 Å². The number of rotatable bonds is 5. The van der Waals surface area contributed by atoms with Crippen molar-refractivity contribution in [3.63, 3.8) is 0 Å². The van der Waals surface area contributed by atoms with Crippen LogP contribution in [0.15, 0.2) is 30.6 Å². The molecule has 0 unspecified atom stereocenters. The van der Waals surface area contributed by atoms with Crippen LogP contribution < -0.4 is 10.1 Å². The van der Waals surface area contributed by atoms with Crippen LogP contribution in [0.2, 0.25) is 0 Å². The van der Waals surface area contributed by atoms with Crippen molar-refractivity contribution in [1.82, 2.24) is 25.0 Å². The minimum atomic E-state index is -0.0181. The molecule has 0 aliphatic carbocycles. The van der Waals surface area contributed by atoms with E-state index in [2.05, 4.69) is 15.4 Å². The Hall–Kier alpha value is -2.57. The Labute approximate surface area is 141 Å². The molecule has 1 saturated heterocycles. The van der Waals surface area contributed by atoms with E-state index in [9.17, 15) is 4.79 Å². The Bertz CT molecular complexity index is 700. The third-order valence-electron chi connectivity index (χ3n) is 4.46. The van der Waals surface area contributed by atoms with Gasteiger partial charge in [-0.25, -0.2) is 9.78 Å². The summed E-state index contributed by atoms with van der Waals surface area (Å²) in [7, 11) is 3.52. The van der Waals surface area contributed by atoms with Gasteiger partial charge in [-0.05, 0) is 30.5 Å². The van der Waals surface area contributed by atoms with Gasteiger partial charge in [0.15, 0.2) is 0 Å². The number of urea groups is 1. The summed E-state index contributed by atoms with van der Waals surface area (Å²) in [4.78, 5) is 18.5. The van der Waals surface area contributed by atoms with Gasteiger partial charge in [-0.3, -0.25) is 4.68 Å². The quantitative estimate of drug-likeness (QED) is 0.907. The van der Waals surface area contributed by atoms with E-state index >= 15 is 0 Å². The molecule has 1 fully saturated rings. The lowest BCUT2D eigenvalue weighted by molar-refractivity contribution is 0.191. The second kappa shape index (κ2) is 7.33. The number of hydrogen-bond acceptors (Lipinski definition) is 4. The molecule has 0 aromatic carbocycles. The predicted octanol–water partition coefficient (Wildman–Crippen LogP) is 1.74. The molecule has 3 rings (SSSR count). The van der Waals surface area contributed by atoms with Gasteiger partial charge in [-0.1, -0.05) is 0 Å². The van der Waals surface area contributed by atoms with Crippen LogP contribution in [0.4, 0.5) is 4.79 Å². The summed E-state index contributed by atoms with van der Waals surface area (Å²) >= 11 is 0. The van der Waals surface area contributed by atoms with Crippen molar-refractivity contribution in [1.29, 1.82) is 0 Å². The van der Waals surface area contributed by atoms with Crippen molar-refractivity contribution in [2.75, 3.05) is 13.7 Å². The van der Waals surface area contributed by atoms with Gasteiger partial charge in [0.2, 0.25) is 5.88 Å². The number of likely N-dealkylation sites (tertiary alicyclic amines) is 1. The Kier molecular flexibility index (Phi) is 4.98. The van der Waals surface area contributed by atoms with E-state index in [0.29, 0.717) is 12.4 Å². The highest BCUT2D eigenvalue weighted by atomic mass is 16.5. The monoisotopic (exact) mass is 329 g/mol. The molecule has 2 aromatic rings. The van der Waals surface area contributed by atoms with Crippen molar-refractivity contribution in [3.8, 4) is 5.88 Å². The number of amides is 2. The second-order valence-corrected chi connectivity index (χ2v) is 6.00. The zero-order valence-corrected chi connectivity index (χ0v) is 14.1. The summed E-state index contributed by atoms with van der Waals surface area (Å²) in [6.45, 7) is 1.26. The topological polar surface area (TPSA) is 72.3 Å². The molecular weight excluding hydrogens is 306 g/mol. The maximum absolute atomic E-state index is 12.5. The number of aryl methyl sites for hydroxylation is 1. The molecular formula is C17H23N5O2. The van der Waals surface area contributed by atoms with Gasteiger partial charge in [-0.15, -0.1) is 0 Å². The first-order valence-electron chi connectivity index (χ1n) is 8.17. The van der Waals surface area contributed by atoms with E-state index in [1.165, 1.54) is 0 Å². The van der Waals surface area contributed by atoms with Crippen LogP contribution in [0.5, 0.6) is 5.88 Å². The number of methoxy groups -OCH3 is 1. The molecule has 7 heteroatoms. The summed E-state index contributed by atoms with van der Waals surface area (Å²) in [5, 5.41) is 7.20. The van der Waals surface area contributed by atoms with Crippen molar-refractivity contribution < 1.29 is 9.53 Å². The maximum atomic E-state index is 12.5. The van der Waals surface area contributed by atoms with Gasteiger partial charge in [0.25, 0.3) is 0 Å². The second-order valence-electron chi connectivity index (χ2n) is 6.00. The van der Waals surface area contributed by atoms with E-state index in [1.807, 2.05) is 34.8 Å².